The zero-order chi connectivity index (χ0) is 49.3. The van der Waals surface area contributed by atoms with Crippen LogP contribution in [0.3, 0.4) is 0 Å². The SMILES string of the molecule is CC/C=C\C/C=C\C/C=C\C/C=C\C/C=C\C/C=C\CCCCCCC(=O)OCC(COC(=O)CCCCCCCCCCCC)OC(=O)CCCCCCCCCCCCCCCCCCC. The zero-order valence-electron chi connectivity index (χ0n) is 44.9. The number of hydrogen-bond donors (Lipinski definition) is 0. The van der Waals surface area contributed by atoms with Gasteiger partial charge in [0.2, 0.25) is 0 Å². The van der Waals surface area contributed by atoms with Gasteiger partial charge in [0.1, 0.15) is 13.2 Å². The quantitative estimate of drug-likeness (QED) is 0.0262. The van der Waals surface area contributed by atoms with Gasteiger partial charge in [-0.3, -0.25) is 14.4 Å². The zero-order valence-corrected chi connectivity index (χ0v) is 44.9. The Balaban J connectivity index is 4.34. The van der Waals surface area contributed by atoms with Crippen molar-refractivity contribution < 1.29 is 28.6 Å². The summed E-state index contributed by atoms with van der Waals surface area (Å²) in [4.78, 5) is 38.1. The predicted octanol–water partition coefficient (Wildman–Crippen LogP) is 19.4. The summed E-state index contributed by atoms with van der Waals surface area (Å²) in [5.41, 5.74) is 0. The third kappa shape index (κ3) is 53.8. The lowest BCUT2D eigenvalue weighted by molar-refractivity contribution is -0.167. The molecule has 0 radical (unpaired) electrons. The van der Waals surface area contributed by atoms with E-state index in [4.69, 9.17) is 14.2 Å². The molecule has 6 heteroatoms. The minimum atomic E-state index is -0.782. The molecule has 0 aliphatic rings. The Bertz CT molecular complexity index is 1270. The lowest BCUT2D eigenvalue weighted by Crippen LogP contribution is -2.30. The van der Waals surface area contributed by atoms with E-state index in [-0.39, 0.29) is 31.1 Å². The van der Waals surface area contributed by atoms with E-state index in [2.05, 4.69) is 93.7 Å². The molecule has 1 unspecified atom stereocenters. The van der Waals surface area contributed by atoms with E-state index < -0.39 is 6.10 Å². The summed E-state index contributed by atoms with van der Waals surface area (Å²) >= 11 is 0. The largest absolute Gasteiger partial charge is 0.462 e. The lowest BCUT2D eigenvalue weighted by atomic mass is 10.0. The number of unbranched alkanes of at least 4 members (excludes halogenated alkanes) is 29. The van der Waals surface area contributed by atoms with Crippen LogP contribution >= 0.6 is 0 Å². The number of esters is 3. The van der Waals surface area contributed by atoms with Gasteiger partial charge in [-0.05, 0) is 70.6 Å². The second-order valence-electron chi connectivity index (χ2n) is 19.2. The number of carbonyl (C=O) groups excluding carboxylic acids is 3. The molecule has 0 spiro atoms. The Morgan fingerprint density at radius 3 is 0.897 bits per heavy atom. The summed E-state index contributed by atoms with van der Waals surface area (Å²) < 4.78 is 16.8. The standard InChI is InChI=1S/C62H108O6/c1-4-7-10-13-16-19-22-24-26-28-29-30-31-32-33-35-36-38-40-43-46-49-52-55-61(64)67-58-59(57-66-60(63)54-51-48-45-42-21-18-15-12-9-6-3)68-62(65)56-53-50-47-44-41-39-37-34-27-25-23-20-17-14-11-8-5-2/h7,10,16,19,24,26,29-30,32-33,36,38,59H,4-6,8-9,11-15,17-18,20-23,25,27-28,31,34-35,37,39-58H2,1-3H3/b10-7-,19-16-,26-24-,30-29-,33-32-,38-36-. The Morgan fingerprint density at radius 2 is 0.574 bits per heavy atom. The van der Waals surface area contributed by atoms with Crippen LogP contribution in [0.2, 0.25) is 0 Å². The second-order valence-corrected chi connectivity index (χ2v) is 19.2. The van der Waals surface area contributed by atoms with E-state index in [0.29, 0.717) is 19.3 Å². The van der Waals surface area contributed by atoms with Crippen LogP contribution < -0.4 is 0 Å². The van der Waals surface area contributed by atoms with E-state index in [0.717, 1.165) is 109 Å². The molecule has 0 rings (SSSR count). The van der Waals surface area contributed by atoms with Crippen molar-refractivity contribution in [2.24, 2.45) is 0 Å². The van der Waals surface area contributed by atoms with Crippen molar-refractivity contribution in [3.8, 4) is 0 Å². The summed E-state index contributed by atoms with van der Waals surface area (Å²) in [6, 6.07) is 0. The van der Waals surface area contributed by atoms with Crippen molar-refractivity contribution in [3.63, 3.8) is 0 Å². The fraction of sp³-hybridized carbons (Fsp3) is 0.758. The van der Waals surface area contributed by atoms with Crippen LogP contribution in [0.1, 0.15) is 284 Å². The van der Waals surface area contributed by atoms with E-state index in [9.17, 15) is 14.4 Å². The van der Waals surface area contributed by atoms with Crippen molar-refractivity contribution in [1.82, 2.24) is 0 Å². The monoisotopic (exact) mass is 949 g/mol. The van der Waals surface area contributed by atoms with Gasteiger partial charge in [-0.25, -0.2) is 0 Å². The summed E-state index contributed by atoms with van der Waals surface area (Å²) in [5, 5.41) is 0. The smallest absolute Gasteiger partial charge is 0.306 e. The first-order chi connectivity index (χ1) is 33.5. The van der Waals surface area contributed by atoms with Gasteiger partial charge in [-0.15, -0.1) is 0 Å². The highest BCUT2D eigenvalue weighted by Gasteiger charge is 2.19. The Hall–Kier alpha value is -3.15. The number of allylic oxidation sites excluding steroid dienone is 12. The van der Waals surface area contributed by atoms with E-state index in [1.54, 1.807) is 0 Å². The van der Waals surface area contributed by atoms with Crippen molar-refractivity contribution in [2.75, 3.05) is 13.2 Å². The van der Waals surface area contributed by atoms with Gasteiger partial charge in [-0.2, -0.15) is 0 Å². The first-order valence-corrected chi connectivity index (χ1v) is 28.9. The van der Waals surface area contributed by atoms with Gasteiger partial charge in [0, 0.05) is 19.3 Å². The maximum absolute atomic E-state index is 12.8. The fourth-order valence-electron chi connectivity index (χ4n) is 8.15. The van der Waals surface area contributed by atoms with Gasteiger partial charge in [0.15, 0.2) is 6.10 Å². The molecule has 392 valence electrons. The highest BCUT2D eigenvalue weighted by molar-refractivity contribution is 5.71. The molecule has 0 aliphatic carbocycles. The van der Waals surface area contributed by atoms with Gasteiger partial charge < -0.3 is 14.2 Å². The van der Waals surface area contributed by atoms with Crippen LogP contribution in [0.4, 0.5) is 0 Å². The molecule has 0 bridgehead atoms. The molecule has 1 atom stereocenters. The average molecular weight is 950 g/mol. The van der Waals surface area contributed by atoms with Crippen molar-refractivity contribution >= 4 is 17.9 Å². The highest BCUT2D eigenvalue weighted by atomic mass is 16.6. The van der Waals surface area contributed by atoms with Crippen molar-refractivity contribution in [3.05, 3.63) is 72.9 Å². The molecule has 6 nitrogen and oxygen atoms in total. The maximum Gasteiger partial charge on any atom is 0.306 e. The third-order valence-electron chi connectivity index (χ3n) is 12.5. The Morgan fingerprint density at radius 1 is 0.309 bits per heavy atom. The molecule has 0 saturated heterocycles. The van der Waals surface area contributed by atoms with E-state index in [1.807, 2.05) is 0 Å². The van der Waals surface area contributed by atoms with Crippen molar-refractivity contribution in [1.29, 1.82) is 0 Å². The molecule has 0 aromatic carbocycles. The van der Waals surface area contributed by atoms with Crippen molar-refractivity contribution in [2.45, 2.75) is 290 Å². The average Bonchev–Trinajstić information content (AvgIpc) is 3.34. The number of carbonyl (C=O) groups is 3. The number of ether oxygens (including phenoxy) is 3. The molecule has 0 aliphatic heterocycles. The summed E-state index contributed by atoms with van der Waals surface area (Å²) in [6.45, 7) is 6.52. The van der Waals surface area contributed by atoms with Crippen LogP contribution in [-0.2, 0) is 28.6 Å². The first-order valence-electron chi connectivity index (χ1n) is 28.9. The van der Waals surface area contributed by atoms with Gasteiger partial charge in [-0.1, -0.05) is 267 Å². The first kappa shape index (κ1) is 64.8. The lowest BCUT2D eigenvalue weighted by Gasteiger charge is -2.18. The number of rotatable bonds is 52. The molecular weight excluding hydrogens is 841 g/mol. The molecule has 0 fully saturated rings. The minimum absolute atomic E-state index is 0.0801. The summed E-state index contributed by atoms with van der Waals surface area (Å²) in [5.74, 6) is -0.897. The molecule has 68 heavy (non-hydrogen) atoms. The topological polar surface area (TPSA) is 78.9 Å². The molecule has 0 amide bonds. The molecule has 0 saturated carbocycles. The third-order valence-corrected chi connectivity index (χ3v) is 12.5. The fourth-order valence-corrected chi connectivity index (χ4v) is 8.15. The van der Waals surface area contributed by atoms with Crippen LogP contribution in [0.5, 0.6) is 0 Å². The molecular formula is C62H108O6. The van der Waals surface area contributed by atoms with E-state index >= 15 is 0 Å². The normalized spacial score (nSPS) is 12.6. The second kappa shape index (κ2) is 56.4. The van der Waals surface area contributed by atoms with Gasteiger partial charge in [0.05, 0.1) is 0 Å². The summed E-state index contributed by atoms with van der Waals surface area (Å²) in [7, 11) is 0. The van der Waals surface area contributed by atoms with Gasteiger partial charge >= 0.3 is 17.9 Å². The minimum Gasteiger partial charge on any atom is -0.462 e. The molecule has 0 aromatic rings. The Kier molecular flexibility index (Phi) is 53.8. The molecule has 0 N–H and O–H groups in total. The molecule has 0 heterocycles. The highest BCUT2D eigenvalue weighted by Crippen LogP contribution is 2.16. The summed E-state index contributed by atoms with van der Waals surface area (Å²) in [6.07, 6.45) is 71.8. The van der Waals surface area contributed by atoms with Crippen LogP contribution in [0, 0.1) is 0 Å². The Labute approximate surface area is 421 Å². The predicted molar refractivity (Wildman–Crippen MR) is 293 cm³/mol. The van der Waals surface area contributed by atoms with E-state index in [1.165, 1.54) is 135 Å². The van der Waals surface area contributed by atoms with Crippen LogP contribution in [0.15, 0.2) is 72.9 Å². The van der Waals surface area contributed by atoms with Crippen LogP contribution in [0.25, 0.3) is 0 Å². The van der Waals surface area contributed by atoms with Crippen LogP contribution in [-0.4, -0.2) is 37.2 Å². The van der Waals surface area contributed by atoms with Gasteiger partial charge in [0.25, 0.3) is 0 Å². The maximum atomic E-state index is 12.8. The molecule has 0 aromatic heterocycles. The number of hydrogen-bond acceptors (Lipinski definition) is 6.